The van der Waals surface area contributed by atoms with Crippen molar-refractivity contribution in [1.82, 2.24) is 29.7 Å². The Morgan fingerprint density at radius 1 is 1.14 bits per heavy atom. The summed E-state index contributed by atoms with van der Waals surface area (Å²) in [6.45, 7) is 4.59. The van der Waals surface area contributed by atoms with Gasteiger partial charge in [-0.2, -0.15) is 0 Å². The van der Waals surface area contributed by atoms with E-state index in [4.69, 9.17) is 9.47 Å². The van der Waals surface area contributed by atoms with Crippen LogP contribution < -0.4 is 0 Å². The molecule has 1 N–H and O–H groups in total. The molecule has 0 spiro atoms. The fourth-order valence-corrected chi connectivity index (χ4v) is 4.41. The van der Waals surface area contributed by atoms with Crippen LogP contribution in [0.2, 0.25) is 0 Å². The summed E-state index contributed by atoms with van der Waals surface area (Å²) in [5.74, 6) is 1.20. The number of ether oxygens (including phenoxy) is 2. The first kappa shape index (κ1) is 19.3. The molecule has 0 aliphatic heterocycles. The van der Waals surface area contributed by atoms with Gasteiger partial charge in [-0.1, -0.05) is 5.21 Å². The molecule has 28 heavy (non-hydrogen) atoms. The van der Waals surface area contributed by atoms with Gasteiger partial charge in [-0.15, -0.1) is 5.10 Å². The molecule has 1 aliphatic rings. The molecule has 0 bridgehead atoms. The van der Waals surface area contributed by atoms with E-state index in [9.17, 15) is 0 Å². The van der Waals surface area contributed by atoms with E-state index in [-0.39, 0.29) is 0 Å². The van der Waals surface area contributed by atoms with E-state index in [0.29, 0.717) is 5.92 Å². The van der Waals surface area contributed by atoms with Crippen molar-refractivity contribution in [2.24, 2.45) is 5.92 Å². The first-order valence-corrected chi connectivity index (χ1v) is 10.2. The zero-order chi connectivity index (χ0) is 19.3. The van der Waals surface area contributed by atoms with E-state index in [1.165, 1.54) is 12.8 Å². The third kappa shape index (κ3) is 4.04. The Morgan fingerprint density at radius 2 is 1.89 bits per heavy atom. The molecule has 0 radical (unpaired) electrons. The van der Waals surface area contributed by atoms with Crippen LogP contribution in [0.15, 0.2) is 18.6 Å². The maximum absolute atomic E-state index is 5.27. The third-order valence-corrected chi connectivity index (χ3v) is 5.97. The van der Waals surface area contributed by atoms with Crippen LogP contribution in [-0.2, 0) is 9.47 Å². The number of fused-ring (bicyclic) bond motifs is 3. The van der Waals surface area contributed by atoms with Crippen LogP contribution >= 0.6 is 0 Å². The fourth-order valence-electron chi connectivity index (χ4n) is 4.41. The van der Waals surface area contributed by atoms with E-state index >= 15 is 0 Å². The number of rotatable bonds is 9. The van der Waals surface area contributed by atoms with Crippen molar-refractivity contribution in [3.8, 4) is 0 Å². The van der Waals surface area contributed by atoms with Crippen molar-refractivity contribution in [1.29, 1.82) is 0 Å². The van der Waals surface area contributed by atoms with Gasteiger partial charge in [0.15, 0.2) is 0 Å². The molecular formula is C20H30N6O2. The number of nitrogens with zero attached hydrogens (tertiary/aromatic N) is 5. The van der Waals surface area contributed by atoms with Crippen LogP contribution in [0, 0.1) is 5.92 Å². The average molecular weight is 387 g/mol. The van der Waals surface area contributed by atoms with E-state index in [1.807, 2.05) is 10.7 Å². The van der Waals surface area contributed by atoms with Crippen molar-refractivity contribution >= 4 is 16.6 Å². The van der Waals surface area contributed by atoms with Crippen molar-refractivity contribution < 1.29 is 9.47 Å². The topological polar surface area (TPSA) is 80.6 Å². The first-order valence-electron chi connectivity index (χ1n) is 10.2. The average Bonchev–Trinajstić information content (AvgIpc) is 3.36. The molecule has 0 atom stereocenters. The predicted molar refractivity (Wildman–Crippen MR) is 108 cm³/mol. The highest BCUT2D eigenvalue weighted by Crippen LogP contribution is 2.37. The Balaban J connectivity index is 1.41. The van der Waals surface area contributed by atoms with Crippen LogP contribution in [0.1, 0.15) is 37.3 Å². The van der Waals surface area contributed by atoms with Crippen molar-refractivity contribution in [3.63, 3.8) is 0 Å². The van der Waals surface area contributed by atoms with Gasteiger partial charge >= 0.3 is 0 Å². The van der Waals surface area contributed by atoms with Gasteiger partial charge in [-0.05, 0) is 37.7 Å². The van der Waals surface area contributed by atoms with Gasteiger partial charge in [0.1, 0.15) is 17.5 Å². The molecule has 8 nitrogen and oxygen atoms in total. The summed E-state index contributed by atoms with van der Waals surface area (Å²) in [6, 6.07) is 2.07. The Kier molecular flexibility index (Phi) is 6.19. The van der Waals surface area contributed by atoms with E-state index in [2.05, 4.69) is 31.2 Å². The second-order valence-corrected chi connectivity index (χ2v) is 7.76. The lowest BCUT2D eigenvalue weighted by molar-refractivity contribution is 0.0971. The SMILES string of the molecule is COCCN(CCOC)CC1CCC(c2nnn3cnc4[nH]ccc4c23)CC1. The number of aromatic nitrogens is 5. The maximum Gasteiger partial charge on any atom is 0.141 e. The van der Waals surface area contributed by atoms with Crippen molar-refractivity contribution in [2.75, 3.05) is 47.1 Å². The zero-order valence-corrected chi connectivity index (χ0v) is 16.8. The van der Waals surface area contributed by atoms with Gasteiger partial charge in [0.25, 0.3) is 0 Å². The number of H-pyrrole nitrogens is 1. The number of nitrogens with one attached hydrogen (secondary N) is 1. The standard InChI is InChI=1S/C20H30N6O2/c1-27-11-9-25(10-12-28-2)13-15-3-5-16(6-4-15)18-19-17-7-8-21-20(17)22-14-26(19)24-23-18/h7-8,14-16,21H,3-6,9-13H2,1-2H3. The molecule has 3 aromatic rings. The summed E-state index contributed by atoms with van der Waals surface area (Å²) in [7, 11) is 3.53. The van der Waals surface area contributed by atoms with E-state index < -0.39 is 0 Å². The molecule has 1 aliphatic carbocycles. The Hall–Kier alpha value is -2.03. The van der Waals surface area contributed by atoms with Gasteiger partial charge in [0.2, 0.25) is 0 Å². The van der Waals surface area contributed by atoms with Gasteiger partial charge in [0, 0.05) is 51.4 Å². The summed E-state index contributed by atoms with van der Waals surface area (Å²) in [6.07, 6.45) is 8.45. The van der Waals surface area contributed by atoms with Gasteiger partial charge < -0.3 is 14.5 Å². The largest absolute Gasteiger partial charge is 0.383 e. The summed E-state index contributed by atoms with van der Waals surface area (Å²) >= 11 is 0. The molecular weight excluding hydrogens is 356 g/mol. The van der Waals surface area contributed by atoms with Crippen LogP contribution in [-0.4, -0.2) is 76.8 Å². The predicted octanol–water partition coefficient (Wildman–Crippen LogP) is 2.47. The summed E-state index contributed by atoms with van der Waals surface area (Å²) in [5.41, 5.74) is 3.13. The van der Waals surface area contributed by atoms with Gasteiger partial charge in [-0.25, -0.2) is 9.50 Å². The van der Waals surface area contributed by atoms with E-state index in [1.54, 1.807) is 20.5 Å². The molecule has 0 saturated heterocycles. The maximum atomic E-state index is 5.27. The normalized spacial score (nSPS) is 20.5. The van der Waals surface area contributed by atoms with Crippen LogP contribution in [0.25, 0.3) is 16.6 Å². The molecule has 1 fully saturated rings. The molecule has 3 heterocycles. The van der Waals surface area contributed by atoms with Crippen LogP contribution in [0.5, 0.6) is 0 Å². The second-order valence-electron chi connectivity index (χ2n) is 7.76. The quantitative estimate of drug-likeness (QED) is 0.608. The molecule has 0 amide bonds. The second kappa shape index (κ2) is 8.98. The highest BCUT2D eigenvalue weighted by atomic mass is 16.5. The molecule has 8 heteroatoms. The Morgan fingerprint density at radius 3 is 2.61 bits per heavy atom. The number of aromatic amines is 1. The molecule has 152 valence electrons. The minimum Gasteiger partial charge on any atom is -0.383 e. The number of hydrogen-bond donors (Lipinski definition) is 1. The number of hydrogen-bond acceptors (Lipinski definition) is 6. The van der Waals surface area contributed by atoms with Crippen LogP contribution in [0.4, 0.5) is 0 Å². The van der Waals surface area contributed by atoms with Gasteiger partial charge in [-0.3, -0.25) is 4.90 Å². The minimum absolute atomic E-state index is 0.473. The lowest BCUT2D eigenvalue weighted by Crippen LogP contribution is -2.36. The third-order valence-electron chi connectivity index (χ3n) is 5.97. The highest BCUT2D eigenvalue weighted by molar-refractivity contribution is 5.92. The Bertz CT molecular complexity index is 875. The summed E-state index contributed by atoms with van der Waals surface area (Å²) in [4.78, 5) is 10.1. The highest BCUT2D eigenvalue weighted by Gasteiger charge is 2.27. The van der Waals surface area contributed by atoms with Crippen molar-refractivity contribution in [2.45, 2.75) is 31.6 Å². The van der Waals surface area contributed by atoms with Gasteiger partial charge in [0.05, 0.1) is 18.9 Å². The van der Waals surface area contributed by atoms with Crippen molar-refractivity contribution in [3.05, 3.63) is 24.3 Å². The smallest absolute Gasteiger partial charge is 0.141 e. The molecule has 4 rings (SSSR count). The lowest BCUT2D eigenvalue weighted by Gasteiger charge is -2.32. The molecule has 3 aromatic heterocycles. The monoisotopic (exact) mass is 386 g/mol. The van der Waals surface area contributed by atoms with Crippen LogP contribution in [0.3, 0.4) is 0 Å². The minimum atomic E-state index is 0.473. The number of methoxy groups -OCH3 is 2. The first-order chi connectivity index (χ1) is 13.8. The molecule has 1 saturated carbocycles. The summed E-state index contributed by atoms with van der Waals surface area (Å²) in [5, 5.41) is 9.95. The Labute approximate surface area is 165 Å². The summed E-state index contributed by atoms with van der Waals surface area (Å²) < 4.78 is 12.4. The lowest BCUT2D eigenvalue weighted by atomic mass is 9.80. The zero-order valence-electron chi connectivity index (χ0n) is 16.8. The fraction of sp³-hybridized carbons (Fsp3) is 0.650. The molecule has 0 unspecified atom stereocenters. The van der Waals surface area contributed by atoms with E-state index in [0.717, 1.165) is 73.9 Å². The molecule has 0 aromatic carbocycles.